The van der Waals surface area contributed by atoms with E-state index in [1.807, 2.05) is 24.8 Å². The second-order valence-corrected chi connectivity index (χ2v) is 8.72. The molecule has 1 amide bonds. The fourth-order valence-electron chi connectivity index (χ4n) is 5.16. The number of halogens is 3. The largest absolute Gasteiger partial charge is 0.472 e. The number of hydrogen-bond donors (Lipinski definition) is 0. The Morgan fingerprint density at radius 3 is 2.56 bits per heavy atom. The quantitative estimate of drug-likeness (QED) is 0.561. The van der Waals surface area contributed by atoms with Crippen molar-refractivity contribution in [3.05, 3.63) is 59.8 Å². The Balaban J connectivity index is 1.42. The molecule has 0 N–H and O–H groups in total. The molecule has 2 bridgehead atoms. The molecular weight excluding hydrogens is 449 g/mol. The first-order valence-electron chi connectivity index (χ1n) is 11.1. The molecule has 0 aromatic carbocycles. The Hall–Kier alpha value is -3.50. The topological polar surface area (TPSA) is 86.0 Å². The molecule has 3 aromatic rings. The SMILES string of the molecule is CCC1[C@H]2CC(Oc3ccc(C(F)(F)F)cn3)C(C2)N1C(=O)c1ncc(C)cc1-n1nccn1. The molecule has 1 aliphatic heterocycles. The van der Waals surface area contributed by atoms with Crippen molar-refractivity contribution in [2.24, 2.45) is 5.92 Å². The number of piperidine rings is 1. The van der Waals surface area contributed by atoms with E-state index in [1.54, 1.807) is 6.20 Å². The van der Waals surface area contributed by atoms with Crippen LogP contribution in [0.25, 0.3) is 5.69 Å². The van der Waals surface area contributed by atoms with Crippen molar-refractivity contribution in [1.82, 2.24) is 29.9 Å². The zero-order chi connectivity index (χ0) is 24.0. The van der Waals surface area contributed by atoms with Crippen molar-refractivity contribution >= 4 is 5.91 Å². The summed E-state index contributed by atoms with van der Waals surface area (Å²) in [5.74, 6) is 0.108. The monoisotopic (exact) mass is 472 g/mol. The number of aryl methyl sites for hydroxylation is 1. The summed E-state index contributed by atoms with van der Waals surface area (Å²) in [5, 5.41) is 8.32. The van der Waals surface area contributed by atoms with Gasteiger partial charge in [0.1, 0.15) is 11.8 Å². The highest BCUT2D eigenvalue weighted by molar-refractivity contribution is 5.96. The summed E-state index contributed by atoms with van der Waals surface area (Å²) in [4.78, 5) is 25.2. The average Bonchev–Trinajstić information content (AvgIpc) is 3.54. The zero-order valence-corrected chi connectivity index (χ0v) is 18.6. The van der Waals surface area contributed by atoms with Crippen LogP contribution in [0.1, 0.15) is 47.8 Å². The molecule has 1 aliphatic carbocycles. The van der Waals surface area contributed by atoms with Crippen molar-refractivity contribution in [2.45, 2.75) is 57.5 Å². The van der Waals surface area contributed by atoms with Crippen LogP contribution in [0.4, 0.5) is 13.2 Å². The van der Waals surface area contributed by atoms with Gasteiger partial charge in [-0.15, -0.1) is 4.80 Å². The molecule has 4 heterocycles. The first kappa shape index (κ1) is 22.3. The maximum atomic E-state index is 13.8. The number of nitrogens with zero attached hydrogens (tertiary/aromatic N) is 6. The first-order valence-corrected chi connectivity index (χ1v) is 11.1. The third-order valence-electron chi connectivity index (χ3n) is 6.60. The van der Waals surface area contributed by atoms with Gasteiger partial charge in [0.15, 0.2) is 5.69 Å². The first-order chi connectivity index (χ1) is 16.3. The lowest BCUT2D eigenvalue weighted by Crippen LogP contribution is -2.52. The van der Waals surface area contributed by atoms with Crippen LogP contribution in [0, 0.1) is 12.8 Å². The third kappa shape index (κ3) is 3.88. The number of likely N-dealkylation sites (tertiary alicyclic amines) is 1. The Kier molecular flexibility index (Phi) is 5.49. The predicted octanol–water partition coefficient (Wildman–Crippen LogP) is 3.85. The summed E-state index contributed by atoms with van der Waals surface area (Å²) >= 11 is 0. The average molecular weight is 472 g/mol. The Labute approximate surface area is 193 Å². The number of alkyl halides is 3. The highest BCUT2D eigenvalue weighted by Gasteiger charge is 2.54. The van der Waals surface area contributed by atoms with E-state index in [4.69, 9.17) is 4.74 Å². The predicted molar refractivity (Wildman–Crippen MR) is 114 cm³/mol. The second kappa shape index (κ2) is 8.37. The van der Waals surface area contributed by atoms with Crippen LogP contribution in [-0.2, 0) is 6.18 Å². The Morgan fingerprint density at radius 2 is 1.91 bits per heavy atom. The number of hydrogen-bond acceptors (Lipinski definition) is 6. The molecule has 3 aromatic heterocycles. The van der Waals surface area contributed by atoms with Crippen LogP contribution in [0.2, 0.25) is 0 Å². The van der Waals surface area contributed by atoms with Crippen molar-refractivity contribution in [3.8, 4) is 11.6 Å². The van der Waals surface area contributed by atoms with Crippen LogP contribution in [0.5, 0.6) is 5.88 Å². The number of carbonyl (C=O) groups excluding carboxylic acids is 1. The molecule has 11 heteroatoms. The van der Waals surface area contributed by atoms with E-state index >= 15 is 0 Å². The van der Waals surface area contributed by atoms with E-state index in [2.05, 4.69) is 20.2 Å². The standard InChI is InChI=1S/C23H23F3N6O2/c1-3-16-14-9-17(19(10-14)34-20-5-4-15(12-27-20)23(24,25)26)31(16)22(33)21-18(8-13(2)11-28-21)32-29-6-7-30-32/h4-8,11-12,14,16-17,19H,3,9-10H2,1-2H3/t14-,16?,17?,19?/m1/s1. The summed E-state index contributed by atoms with van der Waals surface area (Å²) in [6, 6.07) is 3.79. The number of rotatable bonds is 5. The molecule has 8 nitrogen and oxygen atoms in total. The normalized spacial score (nSPS) is 24.0. The minimum absolute atomic E-state index is 0.0273. The van der Waals surface area contributed by atoms with Crippen LogP contribution in [0.15, 0.2) is 43.0 Å². The van der Waals surface area contributed by atoms with E-state index in [0.29, 0.717) is 12.1 Å². The highest BCUT2D eigenvalue weighted by Crippen LogP contribution is 2.46. The van der Waals surface area contributed by atoms with E-state index in [9.17, 15) is 18.0 Å². The number of carbonyl (C=O) groups is 1. The van der Waals surface area contributed by atoms with Crippen molar-refractivity contribution in [2.75, 3.05) is 0 Å². The van der Waals surface area contributed by atoms with Gasteiger partial charge in [0.2, 0.25) is 5.88 Å². The van der Waals surface area contributed by atoms with Crippen molar-refractivity contribution in [1.29, 1.82) is 0 Å². The highest BCUT2D eigenvalue weighted by atomic mass is 19.4. The number of pyridine rings is 2. The molecule has 2 aliphatic rings. The van der Waals surface area contributed by atoms with Crippen molar-refractivity contribution < 1.29 is 22.7 Å². The van der Waals surface area contributed by atoms with Gasteiger partial charge >= 0.3 is 6.18 Å². The molecule has 0 radical (unpaired) electrons. The lowest BCUT2D eigenvalue weighted by atomic mass is 9.95. The number of fused-ring (bicyclic) bond motifs is 2. The summed E-state index contributed by atoms with van der Waals surface area (Å²) in [6.07, 6.45) is 2.89. The van der Waals surface area contributed by atoms with E-state index < -0.39 is 11.7 Å². The van der Waals surface area contributed by atoms with Crippen LogP contribution < -0.4 is 4.74 Å². The third-order valence-corrected chi connectivity index (χ3v) is 6.60. The minimum Gasteiger partial charge on any atom is -0.472 e. The fraction of sp³-hybridized carbons (Fsp3) is 0.435. The number of ether oxygens (including phenoxy) is 1. The van der Waals surface area contributed by atoms with Gasteiger partial charge in [-0.3, -0.25) is 4.79 Å². The summed E-state index contributed by atoms with van der Waals surface area (Å²) in [5.41, 5.74) is 0.781. The maximum absolute atomic E-state index is 13.8. The smallest absolute Gasteiger partial charge is 0.417 e. The van der Waals surface area contributed by atoms with Crippen molar-refractivity contribution in [3.63, 3.8) is 0 Å². The van der Waals surface area contributed by atoms with Crippen LogP contribution >= 0.6 is 0 Å². The molecule has 5 rings (SSSR count). The van der Waals surface area contributed by atoms with Gasteiger partial charge in [0.25, 0.3) is 5.91 Å². The zero-order valence-electron chi connectivity index (χ0n) is 18.6. The summed E-state index contributed by atoms with van der Waals surface area (Å²) in [7, 11) is 0. The molecule has 1 saturated carbocycles. The van der Waals surface area contributed by atoms with Crippen LogP contribution in [0.3, 0.4) is 0 Å². The molecule has 2 fully saturated rings. The van der Waals surface area contributed by atoms with E-state index in [1.165, 1.54) is 23.3 Å². The molecule has 4 atom stereocenters. The lowest BCUT2D eigenvalue weighted by molar-refractivity contribution is -0.137. The fourth-order valence-corrected chi connectivity index (χ4v) is 5.16. The van der Waals surface area contributed by atoms with Gasteiger partial charge in [-0.25, -0.2) is 9.97 Å². The molecule has 3 unspecified atom stereocenters. The molecule has 0 spiro atoms. The maximum Gasteiger partial charge on any atom is 0.417 e. The summed E-state index contributed by atoms with van der Waals surface area (Å²) in [6.45, 7) is 3.92. The second-order valence-electron chi connectivity index (χ2n) is 8.72. The minimum atomic E-state index is -4.46. The van der Waals surface area contributed by atoms with Gasteiger partial charge < -0.3 is 9.64 Å². The van der Waals surface area contributed by atoms with Gasteiger partial charge in [0.05, 0.1) is 24.0 Å². The van der Waals surface area contributed by atoms with Gasteiger partial charge in [-0.05, 0) is 49.8 Å². The molecular formula is C23H23F3N6O2. The van der Waals surface area contributed by atoms with Gasteiger partial charge in [-0.1, -0.05) is 6.92 Å². The number of aromatic nitrogens is 5. The lowest BCUT2D eigenvalue weighted by Gasteiger charge is -2.39. The Morgan fingerprint density at radius 1 is 1.15 bits per heavy atom. The molecule has 34 heavy (non-hydrogen) atoms. The van der Waals surface area contributed by atoms with Gasteiger partial charge in [0, 0.05) is 24.5 Å². The molecule has 1 saturated heterocycles. The van der Waals surface area contributed by atoms with Gasteiger partial charge in [-0.2, -0.15) is 23.4 Å². The van der Waals surface area contributed by atoms with E-state index in [0.717, 1.165) is 30.7 Å². The van der Waals surface area contributed by atoms with E-state index in [-0.39, 0.29) is 41.6 Å². The van der Waals surface area contributed by atoms with Crippen LogP contribution in [-0.4, -0.2) is 54.0 Å². The Bertz CT molecular complexity index is 1180. The molecule has 178 valence electrons. The number of amides is 1. The summed E-state index contributed by atoms with van der Waals surface area (Å²) < 4.78 is 44.5.